The number of para-hydroxylation sites is 2. The van der Waals surface area contributed by atoms with Gasteiger partial charge in [-0.1, -0.05) is 66.7 Å². The number of hydrogen-bond acceptors (Lipinski definition) is 2. The van der Waals surface area contributed by atoms with Crippen molar-refractivity contribution in [2.24, 2.45) is 0 Å². The fourth-order valence-corrected chi connectivity index (χ4v) is 4.31. The number of rotatable bonds is 5. The summed E-state index contributed by atoms with van der Waals surface area (Å²) in [6.45, 7) is 0. The van der Waals surface area contributed by atoms with Crippen LogP contribution < -0.4 is 15.2 Å². The molecule has 0 aromatic heterocycles. The second-order valence-electron chi connectivity index (χ2n) is 4.86. The molecule has 0 aliphatic heterocycles. The Morgan fingerprint density at radius 3 is 1.29 bits per heavy atom. The fraction of sp³-hybridized carbons (Fsp3) is 0. The molecule has 2 N–H and O–H groups in total. The molecule has 0 saturated heterocycles. The van der Waals surface area contributed by atoms with Gasteiger partial charge in [-0.15, -0.1) is 0 Å². The van der Waals surface area contributed by atoms with Gasteiger partial charge in [-0.25, -0.2) is 0 Å². The van der Waals surface area contributed by atoms with E-state index in [1.165, 1.54) is 5.19 Å². The molecule has 0 aliphatic carbocycles. The van der Waals surface area contributed by atoms with Gasteiger partial charge in [0.15, 0.2) is 0 Å². The lowest BCUT2D eigenvalue weighted by molar-refractivity contribution is 1.60. The lowest BCUT2D eigenvalue weighted by Gasteiger charge is -2.21. The lowest BCUT2D eigenvalue weighted by Crippen LogP contribution is -2.46. The van der Waals surface area contributed by atoms with Gasteiger partial charge in [0, 0.05) is 11.4 Å². The summed E-state index contributed by atoms with van der Waals surface area (Å²) >= 11 is 0. The summed E-state index contributed by atoms with van der Waals surface area (Å²) in [5.74, 6) is 0. The molecule has 2 nitrogen and oxygen atoms in total. The molecule has 0 bridgehead atoms. The Bertz CT molecular complexity index is 615. The highest BCUT2D eigenvalue weighted by molar-refractivity contribution is 6.78. The number of anilines is 2. The highest BCUT2D eigenvalue weighted by atomic mass is 28.3. The van der Waals surface area contributed by atoms with Gasteiger partial charge in [0.25, 0.3) is 9.12 Å². The van der Waals surface area contributed by atoms with E-state index in [0.717, 1.165) is 11.4 Å². The van der Waals surface area contributed by atoms with E-state index in [9.17, 15) is 0 Å². The first-order valence-electron chi connectivity index (χ1n) is 7.10. The quantitative estimate of drug-likeness (QED) is 0.704. The Kier molecular flexibility index (Phi) is 4.34. The summed E-state index contributed by atoms with van der Waals surface area (Å²) in [5, 5.41) is 1.34. The zero-order valence-corrected chi connectivity index (χ0v) is 12.9. The van der Waals surface area contributed by atoms with E-state index in [1.54, 1.807) is 0 Å². The van der Waals surface area contributed by atoms with Gasteiger partial charge in [0.1, 0.15) is 0 Å². The minimum absolute atomic E-state index is 1.15. The first-order valence-corrected chi connectivity index (χ1v) is 8.83. The standard InChI is InChI=1S/C18H18N2Si/c1-4-10-16(11-5-1)19-21(18-14-8-3-9-15-18)20-17-12-6-2-7-13-17/h1-15,19-21H. The smallest absolute Gasteiger partial charge is 0.276 e. The van der Waals surface area contributed by atoms with Crippen molar-refractivity contribution >= 4 is 25.7 Å². The summed E-state index contributed by atoms with van der Waals surface area (Å²) in [7, 11) is -1.55. The Morgan fingerprint density at radius 2 is 0.857 bits per heavy atom. The molecule has 3 rings (SSSR count). The van der Waals surface area contributed by atoms with Crippen LogP contribution in [0.1, 0.15) is 0 Å². The molecule has 0 unspecified atom stereocenters. The molecule has 0 radical (unpaired) electrons. The molecule has 3 aromatic carbocycles. The fourth-order valence-electron chi connectivity index (χ4n) is 2.25. The molecule has 0 heterocycles. The van der Waals surface area contributed by atoms with E-state index in [1.807, 2.05) is 12.1 Å². The summed E-state index contributed by atoms with van der Waals surface area (Å²) < 4.78 is 0. The summed E-state index contributed by atoms with van der Waals surface area (Å²) in [5.41, 5.74) is 2.31. The van der Waals surface area contributed by atoms with Crippen molar-refractivity contribution < 1.29 is 0 Å². The third kappa shape index (κ3) is 3.74. The maximum Gasteiger partial charge on any atom is 0.276 e. The zero-order chi connectivity index (χ0) is 14.3. The van der Waals surface area contributed by atoms with Crippen molar-refractivity contribution in [2.45, 2.75) is 0 Å². The van der Waals surface area contributed by atoms with E-state index in [4.69, 9.17) is 0 Å². The van der Waals surface area contributed by atoms with E-state index >= 15 is 0 Å². The van der Waals surface area contributed by atoms with Crippen LogP contribution in [-0.4, -0.2) is 9.12 Å². The third-order valence-electron chi connectivity index (χ3n) is 3.30. The number of benzene rings is 3. The molecule has 0 saturated carbocycles. The van der Waals surface area contributed by atoms with Crippen LogP contribution in [0.4, 0.5) is 11.4 Å². The topological polar surface area (TPSA) is 24.1 Å². The first kappa shape index (κ1) is 13.5. The summed E-state index contributed by atoms with van der Waals surface area (Å²) in [4.78, 5) is 7.34. The van der Waals surface area contributed by atoms with E-state index in [2.05, 4.69) is 88.8 Å². The maximum atomic E-state index is 3.67. The minimum atomic E-state index is -1.55. The van der Waals surface area contributed by atoms with E-state index in [0.29, 0.717) is 0 Å². The molecule has 3 heteroatoms. The third-order valence-corrected chi connectivity index (χ3v) is 5.60. The van der Waals surface area contributed by atoms with Crippen LogP contribution in [0.15, 0.2) is 91.0 Å². The van der Waals surface area contributed by atoms with Crippen LogP contribution in [0.2, 0.25) is 0 Å². The Hall–Kier alpha value is -2.52. The second kappa shape index (κ2) is 6.77. The van der Waals surface area contributed by atoms with Gasteiger partial charge in [0.2, 0.25) is 0 Å². The molecule has 21 heavy (non-hydrogen) atoms. The molecule has 0 spiro atoms. The molecule has 0 atom stereocenters. The summed E-state index contributed by atoms with van der Waals surface area (Å²) in [6, 6.07) is 31.3. The maximum absolute atomic E-state index is 3.67. The molecule has 3 aromatic rings. The molecular weight excluding hydrogens is 272 g/mol. The van der Waals surface area contributed by atoms with E-state index < -0.39 is 9.12 Å². The molecule has 0 aliphatic rings. The molecule has 0 amide bonds. The highest BCUT2D eigenvalue weighted by Crippen LogP contribution is 2.10. The predicted molar refractivity (Wildman–Crippen MR) is 93.4 cm³/mol. The van der Waals surface area contributed by atoms with Crippen molar-refractivity contribution in [3.63, 3.8) is 0 Å². The normalized spacial score (nSPS) is 10.3. The van der Waals surface area contributed by atoms with Crippen LogP contribution >= 0.6 is 0 Å². The number of nitrogens with one attached hydrogen (secondary N) is 2. The first-order chi connectivity index (χ1) is 10.4. The molecular formula is C18H18N2Si. The van der Waals surface area contributed by atoms with Crippen molar-refractivity contribution in [2.75, 3.05) is 9.96 Å². The summed E-state index contributed by atoms with van der Waals surface area (Å²) in [6.07, 6.45) is 0. The minimum Gasteiger partial charge on any atom is -0.393 e. The van der Waals surface area contributed by atoms with Crippen LogP contribution in [-0.2, 0) is 0 Å². The van der Waals surface area contributed by atoms with Crippen LogP contribution in [0, 0.1) is 0 Å². The lowest BCUT2D eigenvalue weighted by atomic mass is 10.3. The Balaban J connectivity index is 1.84. The van der Waals surface area contributed by atoms with Crippen LogP contribution in [0.3, 0.4) is 0 Å². The van der Waals surface area contributed by atoms with Crippen LogP contribution in [0.25, 0.3) is 0 Å². The van der Waals surface area contributed by atoms with Crippen molar-refractivity contribution in [1.29, 1.82) is 0 Å². The van der Waals surface area contributed by atoms with Crippen LogP contribution in [0.5, 0.6) is 0 Å². The Labute approximate surface area is 127 Å². The van der Waals surface area contributed by atoms with Gasteiger partial charge in [-0.3, -0.25) is 0 Å². The van der Waals surface area contributed by atoms with Gasteiger partial charge < -0.3 is 9.96 Å². The molecule has 0 fully saturated rings. The zero-order valence-electron chi connectivity index (χ0n) is 11.7. The monoisotopic (exact) mass is 290 g/mol. The largest absolute Gasteiger partial charge is 0.393 e. The van der Waals surface area contributed by atoms with E-state index in [-0.39, 0.29) is 0 Å². The van der Waals surface area contributed by atoms with Gasteiger partial charge in [0.05, 0.1) is 0 Å². The number of hydrogen-bond donors (Lipinski definition) is 2. The average Bonchev–Trinajstić information content (AvgIpc) is 2.57. The van der Waals surface area contributed by atoms with Gasteiger partial charge in [-0.05, 0) is 29.5 Å². The highest BCUT2D eigenvalue weighted by Gasteiger charge is 2.14. The second-order valence-corrected chi connectivity index (χ2v) is 6.97. The predicted octanol–water partition coefficient (Wildman–Crippen LogP) is 3.34. The van der Waals surface area contributed by atoms with Gasteiger partial charge >= 0.3 is 0 Å². The average molecular weight is 290 g/mol. The SMILES string of the molecule is c1ccc(N[SiH](Nc2ccccc2)c2ccccc2)cc1. The van der Waals surface area contributed by atoms with Crippen molar-refractivity contribution in [1.82, 2.24) is 0 Å². The van der Waals surface area contributed by atoms with Crippen molar-refractivity contribution in [3.05, 3.63) is 91.0 Å². The van der Waals surface area contributed by atoms with Crippen molar-refractivity contribution in [3.8, 4) is 0 Å². The van der Waals surface area contributed by atoms with Gasteiger partial charge in [-0.2, -0.15) is 0 Å². The molecule has 104 valence electrons. The Morgan fingerprint density at radius 1 is 0.476 bits per heavy atom.